The van der Waals surface area contributed by atoms with E-state index in [1.54, 1.807) is 53.7 Å². The van der Waals surface area contributed by atoms with Crippen LogP contribution in [0.2, 0.25) is 0 Å². The highest BCUT2D eigenvalue weighted by molar-refractivity contribution is 6.04. The second-order valence-corrected chi connectivity index (χ2v) is 7.77. The van der Waals surface area contributed by atoms with Crippen LogP contribution >= 0.6 is 0 Å². The first-order valence-electron chi connectivity index (χ1n) is 10.5. The molecule has 0 unspecified atom stereocenters. The minimum atomic E-state index is -0.950. The molecule has 178 valence electrons. The summed E-state index contributed by atoms with van der Waals surface area (Å²) in [7, 11) is 4.78. The van der Waals surface area contributed by atoms with Gasteiger partial charge in [-0.3, -0.25) is 14.4 Å². The van der Waals surface area contributed by atoms with Gasteiger partial charge in [0.25, 0.3) is 5.91 Å². The van der Waals surface area contributed by atoms with E-state index in [-0.39, 0.29) is 31.1 Å². The van der Waals surface area contributed by atoms with Crippen LogP contribution in [0.5, 0.6) is 0 Å². The van der Waals surface area contributed by atoms with Crippen molar-refractivity contribution in [2.75, 3.05) is 17.7 Å². The molecule has 3 rings (SSSR count). The lowest BCUT2D eigenvalue weighted by molar-refractivity contribution is -0.137. The Morgan fingerprint density at radius 3 is 2.18 bits per heavy atom. The van der Waals surface area contributed by atoms with Gasteiger partial charge in [-0.1, -0.05) is 12.1 Å². The Balaban J connectivity index is 1.63. The number of methoxy groups -OCH3 is 1. The van der Waals surface area contributed by atoms with Gasteiger partial charge in [-0.15, -0.1) is 0 Å². The van der Waals surface area contributed by atoms with Gasteiger partial charge in [-0.05, 0) is 36.2 Å². The number of benzene rings is 1. The van der Waals surface area contributed by atoms with Crippen LogP contribution in [-0.4, -0.2) is 45.1 Å². The zero-order valence-corrected chi connectivity index (χ0v) is 19.1. The molecule has 0 radical (unpaired) electrons. The number of carboxylic acid groups (broad SMARTS) is 1. The molecule has 2 amide bonds. The SMILES string of the molecule is COC(=O)c1cc(-c2ccc(NC(=O)c3cc(NC(=O)CCCC(=O)O)cn3C)cc2)cn1C. The van der Waals surface area contributed by atoms with E-state index in [0.29, 0.717) is 22.8 Å². The van der Waals surface area contributed by atoms with Crippen LogP contribution in [0.25, 0.3) is 11.1 Å². The number of carbonyl (C=O) groups is 4. The lowest BCUT2D eigenvalue weighted by Gasteiger charge is -2.07. The van der Waals surface area contributed by atoms with Crippen molar-refractivity contribution in [3.05, 3.63) is 60.2 Å². The van der Waals surface area contributed by atoms with Crippen molar-refractivity contribution >= 4 is 35.1 Å². The molecule has 0 saturated carbocycles. The number of esters is 1. The fraction of sp³-hybridized carbons (Fsp3) is 0.250. The minimum Gasteiger partial charge on any atom is -0.481 e. The van der Waals surface area contributed by atoms with Crippen LogP contribution in [0.3, 0.4) is 0 Å². The number of hydrogen-bond acceptors (Lipinski definition) is 5. The number of hydrogen-bond donors (Lipinski definition) is 3. The third kappa shape index (κ3) is 5.91. The van der Waals surface area contributed by atoms with Gasteiger partial charge in [0.15, 0.2) is 0 Å². The number of nitrogens with one attached hydrogen (secondary N) is 2. The van der Waals surface area contributed by atoms with Gasteiger partial charge in [0.1, 0.15) is 11.4 Å². The third-order valence-electron chi connectivity index (χ3n) is 5.19. The highest BCUT2D eigenvalue weighted by atomic mass is 16.5. The van der Waals surface area contributed by atoms with Crippen LogP contribution < -0.4 is 10.6 Å². The summed E-state index contributed by atoms with van der Waals surface area (Å²) in [5, 5.41) is 14.1. The zero-order chi connectivity index (χ0) is 24.8. The maximum absolute atomic E-state index is 12.7. The van der Waals surface area contributed by atoms with Crippen molar-refractivity contribution in [1.82, 2.24) is 9.13 Å². The summed E-state index contributed by atoms with van der Waals surface area (Å²) in [6.07, 6.45) is 3.68. The maximum atomic E-state index is 12.7. The zero-order valence-electron chi connectivity index (χ0n) is 19.1. The molecular formula is C24H26N4O6. The predicted octanol–water partition coefficient (Wildman–Crippen LogP) is 3.26. The van der Waals surface area contributed by atoms with Crippen LogP contribution in [0.4, 0.5) is 11.4 Å². The monoisotopic (exact) mass is 466 g/mol. The summed E-state index contributed by atoms with van der Waals surface area (Å²) in [6.45, 7) is 0. The summed E-state index contributed by atoms with van der Waals surface area (Å²) in [6, 6.07) is 10.5. The Hall–Kier alpha value is -4.34. The van der Waals surface area contributed by atoms with E-state index >= 15 is 0 Å². The normalized spacial score (nSPS) is 10.6. The second kappa shape index (κ2) is 10.5. The number of rotatable bonds is 9. The molecule has 0 aliphatic heterocycles. The van der Waals surface area contributed by atoms with E-state index in [1.807, 2.05) is 18.3 Å². The number of carboxylic acids is 1. The fourth-order valence-electron chi connectivity index (χ4n) is 3.45. The molecular weight excluding hydrogens is 440 g/mol. The number of anilines is 2. The highest BCUT2D eigenvalue weighted by Crippen LogP contribution is 2.24. The van der Waals surface area contributed by atoms with Gasteiger partial charge in [0, 0.05) is 50.6 Å². The Morgan fingerprint density at radius 1 is 0.853 bits per heavy atom. The summed E-state index contributed by atoms with van der Waals surface area (Å²) < 4.78 is 8.06. The molecule has 3 aromatic rings. The van der Waals surface area contributed by atoms with Crippen LogP contribution in [0.15, 0.2) is 48.8 Å². The van der Waals surface area contributed by atoms with E-state index in [2.05, 4.69) is 10.6 Å². The number of aromatic nitrogens is 2. The average Bonchev–Trinajstić information content (AvgIpc) is 3.35. The lowest BCUT2D eigenvalue weighted by atomic mass is 10.1. The predicted molar refractivity (Wildman–Crippen MR) is 126 cm³/mol. The summed E-state index contributed by atoms with van der Waals surface area (Å²) in [4.78, 5) is 47.1. The van der Waals surface area contributed by atoms with E-state index in [4.69, 9.17) is 9.84 Å². The molecule has 34 heavy (non-hydrogen) atoms. The van der Waals surface area contributed by atoms with Crippen LogP contribution in [0, 0.1) is 0 Å². The minimum absolute atomic E-state index is 0.0780. The van der Waals surface area contributed by atoms with Crippen molar-refractivity contribution in [3.63, 3.8) is 0 Å². The first-order chi connectivity index (χ1) is 16.2. The standard InChI is InChI=1S/C24H26N4O6/c1-27-13-16(11-20(27)24(33)34-3)15-7-9-17(10-8-15)26-23(32)19-12-18(14-28(19)2)25-21(29)5-4-6-22(30)31/h7-14H,4-6H2,1-3H3,(H,25,29)(H,26,32)(H,30,31). The van der Waals surface area contributed by atoms with Gasteiger partial charge < -0.3 is 29.6 Å². The van der Waals surface area contributed by atoms with Crippen molar-refractivity contribution in [1.29, 1.82) is 0 Å². The quantitative estimate of drug-likeness (QED) is 0.415. The summed E-state index contributed by atoms with van der Waals surface area (Å²) in [5.74, 6) is -2.04. The maximum Gasteiger partial charge on any atom is 0.354 e. The number of aliphatic carboxylic acids is 1. The fourth-order valence-corrected chi connectivity index (χ4v) is 3.45. The Labute approximate surface area is 196 Å². The highest BCUT2D eigenvalue weighted by Gasteiger charge is 2.15. The van der Waals surface area contributed by atoms with Crippen molar-refractivity contribution in [2.24, 2.45) is 14.1 Å². The topological polar surface area (TPSA) is 132 Å². The molecule has 1 aromatic carbocycles. The molecule has 0 saturated heterocycles. The molecule has 0 aliphatic rings. The van der Waals surface area contributed by atoms with Crippen molar-refractivity contribution < 1.29 is 29.0 Å². The smallest absolute Gasteiger partial charge is 0.354 e. The number of nitrogens with zero attached hydrogens (tertiary/aromatic N) is 2. The average molecular weight is 466 g/mol. The molecule has 3 N–H and O–H groups in total. The largest absolute Gasteiger partial charge is 0.481 e. The lowest BCUT2D eigenvalue weighted by Crippen LogP contribution is -2.15. The first-order valence-corrected chi connectivity index (χ1v) is 10.5. The number of aryl methyl sites for hydroxylation is 2. The molecule has 2 aromatic heterocycles. The molecule has 0 spiro atoms. The van der Waals surface area contributed by atoms with E-state index in [9.17, 15) is 19.2 Å². The Morgan fingerprint density at radius 2 is 1.53 bits per heavy atom. The summed E-state index contributed by atoms with van der Waals surface area (Å²) in [5.41, 5.74) is 3.52. The number of amides is 2. The van der Waals surface area contributed by atoms with Crippen molar-refractivity contribution in [2.45, 2.75) is 19.3 Å². The van der Waals surface area contributed by atoms with Gasteiger partial charge in [0.2, 0.25) is 5.91 Å². The molecule has 0 aliphatic carbocycles. The van der Waals surface area contributed by atoms with Gasteiger partial charge in [-0.25, -0.2) is 4.79 Å². The van der Waals surface area contributed by atoms with Crippen LogP contribution in [-0.2, 0) is 28.4 Å². The molecule has 0 fully saturated rings. The Kier molecular flexibility index (Phi) is 7.52. The second-order valence-electron chi connectivity index (χ2n) is 7.77. The van der Waals surface area contributed by atoms with E-state index < -0.39 is 11.9 Å². The van der Waals surface area contributed by atoms with Crippen molar-refractivity contribution in [3.8, 4) is 11.1 Å². The van der Waals surface area contributed by atoms with Crippen LogP contribution in [0.1, 0.15) is 40.2 Å². The van der Waals surface area contributed by atoms with Gasteiger partial charge >= 0.3 is 11.9 Å². The molecule has 0 atom stereocenters. The van der Waals surface area contributed by atoms with Gasteiger partial charge in [-0.2, -0.15) is 0 Å². The summed E-state index contributed by atoms with van der Waals surface area (Å²) >= 11 is 0. The number of ether oxygens (including phenoxy) is 1. The van der Waals surface area contributed by atoms with E-state index in [1.165, 1.54) is 7.11 Å². The Bertz CT molecular complexity index is 1220. The molecule has 10 heteroatoms. The molecule has 2 heterocycles. The van der Waals surface area contributed by atoms with Gasteiger partial charge in [0.05, 0.1) is 12.8 Å². The van der Waals surface area contributed by atoms with E-state index in [0.717, 1.165) is 11.1 Å². The molecule has 10 nitrogen and oxygen atoms in total. The number of carbonyl (C=O) groups excluding carboxylic acids is 3. The third-order valence-corrected chi connectivity index (χ3v) is 5.19. The first kappa shape index (κ1) is 24.3. The molecule has 0 bridgehead atoms.